The van der Waals surface area contributed by atoms with E-state index in [1.807, 2.05) is 7.05 Å². The van der Waals surface area contributed by atoms with Crippen LogP contribution in [0.1, 0.15) is 44.9 Å². The average Bonchev–Trinajstić information content (AvgIpc) is 2.78. The van der Waals surface area contributed by atoms with E-state index in [2.05, 4.69) is 37.4 Å². The summed E-state index contributed by atoms with van der Waals surface area (Å²) in [4.78, 5) is 12.3. The predicted octanol–water partition coefficient (Wildman–Crippen LogP) is 1.83. The van der Waals surface area contributed by atoms with Crippen molar-refractivity contribution in [2.75, 3.05) is 80.2 Å². The summed E-state index contributed by atoms with van der Waals surface area (Å²) < 4.78 is 5.22. The van der Waals surface area contributed by atoms with E-state index in [1.165, 1.54) is 71.1 Å². The molecule has 0 unspecified atom stereocenters. The van der Waals surface area contributed by atoms with Gasteiger partial charge in [0, 0.05) is 51.9 Å². The molecule has 0 spiro atoms. The lowest BCUT2D eigenvalue weighted by molar-refractivity contribution is 0.0172. The molecule has 7 nitrogen and oxygen atoms in total. The molecule has 8 heteroatoms. The lowest BCUT2D eigenvalue weighted by Crippen LogP contribution is -2.62. The van der Waals surface area contributed by atoms with Crippen LogP contribution < -0.4 is 10.6 Å². The third-order valence-electron chi connectivity index (χ3n) is 7.29. The molecule has 3 heterocycles. The predicted molar refractivity (Wildman–Crippen MR) is 136 cm³/mol. The van der Waals surface area contributed by atoms with Crippen LogP contribution in [0.25, 0.3) is 0 Å². The highest BCUT2D eigenvalue weighted by Crippen LogP contribution is 2.30. The molecule has 2 N–H and O–H groups in total. The Morgan fingerprint density at radius 3 is 2.30 bits per heavy atom. The zero-order valence-corrected chi connectivity index (χ0v) is 21.8. The number of ether oxygens (including phenoxy) is 1. The smallest absolute Gasteiger partial charge is 0.191 e. The van der Waals surface area contributed by atoms with E-state index in [1.54, 1.807) is 7.11 Å². The molecule has 0 amide bonds. The summed E-state index contributed by atoms with van der Waals surface area (Å²) in [6, 6.07) is 0.517. The quantitative estimate of drug-likeness (QED) is 0.294. The molecule has 0 bridgehead atoms. The Balaban J connectivity index is 0.00000320. The van der Waals surface area contributed by atoms with Crippen LogP contribution in [0.5, 0.6) is 0 Å². The molecule has 3 fully saturated rings. The van der Waals surface area contributed by atoms with Gasteiger partial charge < -0.3 is 25.2 Å². The van der Waals surface area contributed by atoms with Gasteiger partial charge >= 0.3 is 0 Å². The zero-order valence-electron chi connectivity index (χ0n) is 19.5. The van der Waals surface area contributed by atoms with Crippen LogP contribution in [0, 0.1) is 0 Å². The van der Waals surface area contributed by atoms with Gasteiger partial charge in [-0.3, -0.25) is 9.89 Å². The van der Waals surface area contributed by atoms with E-state index < -0.39 is 0 Å². The fraction of sp³-hybridized carbons (Fsp3) is 0.955. The third-order valence-corrected chi connectivity index (χ3v) is 7.29. The molecule has 0 aromatic carbocycles. The van der Waals surface area contributed by atoms with Crippen molar-refractivity contribution in [3.63, 3.8) is 0 Å². The first-order valence-corrected chi connectivity index (χ1v) is 11.8. The van der Waals surface area contributed by atoms with E-state index >= 15 is 0 Å². The highest BCUT2D eigenvalue weighted by molar-refractivity contribution is 14.0. The summed E-state index contributed by atoms with van der Waals surface area (Å²) in [5.74, 6) is 0.982. The Morgan fingerprint density at radius 2 is 1.70 bits per heavy atom. The van der Waals surface area contributed by atoms with Crippen LogP contribution in [0.4, 0.5) is 0 Å². The molecule has 3 aliphatic heterocycles. The second kappa shape index (κ2) is 13.4. The molecular weight excluding hydrogens is 491 g/mol. The van der Waals surface area contributed by atoms with E-state index in [0.29, 0.717) is 6.04 Å². The van der Waals surface area contributed by atoms with Crippen LogP contribution in [-0.4, -0.2) is 112 Å². The van der Waals surface area contributed by atoms with Crippen molar-refractivity contribution in [2.45, 2.75) is 56.5 Å². The highest BCUT2D eigenvalue weighted by atomic mass is 127. The van der Waals surface area contributed by atoms with Crippen molar-refractivity contribution in [1.29, 1.82) is 0 Å². The van der Waals surface area contributed by atoms with E-state index in [0.717, 1.165) is 38.7 Å². The lowest BCUT2D eigenvalue weighted by atomic mass is 9.84. The number of aliphatic imine (C=N–C) groups is 1. The Kier molecular flexibility index (Phi) is 11.7. The molecule has 30 heavy (non-hydrogen) atoms. The SMILES string of the molecule is CN=C(NCC1(N2CCCCC2)CCN(C)CC1)NC1CCN(CCOC)CC1.I. The van der Waals surface area contributed by atoms with Gasteiger partial charge in [0.15, 0.2) is 5.96 Å². The normalized spacial score (nSPS) is 25.0. The Labute approximate surface area is 201 Å². The summed E-state index contributed by atoms with van der Waals surface area (Å²) in [5, 5.41) is 7.43. The number of guanidine groups is 1. The Morgan fingerprint density at radius 1 is 1.03 bits per heavy atom. The van der Waals surface area contributed by atoms with Gasteiger partial charge in [-0.05, 0) is 71.8 Å². The second-order valence-electron chi connectivity index (χ2n) is 9.25. The molecule has 3 saturated heterocycles. The van der Waals surface area contributed by atoms with Crippen molar-refractivity contribution in [3.05, 3.63) is 0 Å². The molecule has 0 aromatic rings. The van der Waals surface area contributed by atoms with E-state index in [9.17, 15) is 0 Å². The van der Waals surface area contributed by atoms with E-state index in [4.69, 9.17) is 4.74 Å². The van der Waals surface area contributed by atoms with Gasteiger partial charge in [-0.2, -0.15) is 0 Å². The number of methoxy groups -OCH3 is 1. The van der Waals surface area contributed by atoms with Gasteiger partial charge in [-0.1, -0.05) is 6.42 Å². The van der Waals surface area contributed by atoms with Gasteiger partial charge in [0.1, 0.15) is 0 Å². The van der Waals surface area contributed by atoms with Crippen molar-refractivity contribution in [2.24, 2.45) is 4.99 Å². The van der Waals surface area contributed by atoms with Crippen LogP contribution in [0.15, 0.2) is 4.99 Å². The zero-order chi connectivity index (χ0) is 20.5. The number of hydrogen-bond acceptors (Lipinski definition) is 5. The minimum atomic E-state index is 0. The monoisotopic (exact) mass is 536 g/mol. The highest BCUT2D eigenvalue weighted by Gasteiger charge is 2.39. The largest absolute Gasteiger partial charge is 0.383 e. The average molecular weight is 537 g/mol. The molecule has 0 radical (unpaired) electrons. The Hall–Kier alpha value is -0.160. The first kappa shape index (κ1) is 26.1. The van der Waals surface area contributed by atoms with Gasteiger partial charge in [-0.25, -0.2) is 0 Å². The number of halogens is 1. The minimum absolute atomic E-state index is 0. The summed E-state index contributed by atoms with van der Waals surface area (Å²) >= 11 is 0. The third kappa shape index (κ3) is 7.46. The molecule has 0 saturated carbocycles. The first-order valence-electron chi connectivity index (χ1n) is 11.8. The topological polar surface area (TPSA) is 55.4 Å². The number of rotatable bonds is 7. The lowest BCUT2D eigenvalue weighted by Gasteiger charge is -2.50. The molecule has 0 aromatic heterocycles. The number of hydrogen-bond donors (Lipinski definition) is 2. The molecular formula is C22H45IN6O. The van der Waals surface area contributed by atoms with Gasteiger partial charge in [-0.15, -0.1) is 24.0 Å². The number of nitrogens with one attached hydrogen (secondary N) is 2. The Bertz CT molecular complexity index is 498. The number of nitrogens with zero attached hydrogens (tertiary/aromatic N) is 4. The fourth-order valence-corrected chi connectivity index (χ4v) is 5.17. The van der Waals surface area contributed by atoms with E-state index in [-0.39, 0.29) is 29.5 Å². The van der Waals surface area contributed by atoms with Crippen molar-refractivity contribution in [3.8, 4) is 0 Å². The van der Waals surface area contributed by atoms with Crippen LogP contribution in [-0.2, 0) is 4.74 Å². The van der Waals surface area contributed by atoms with Gasteiger partial charge in [0.25, 0.3) is 0 Å². The minimum Gasteiger partial charge on any atom is -0.383 e. The maximum atomic E-state index is 5.22. The van der Waals surface area contributed by atoms with Gasteiger partial charge in [0.2, 0.25) is 0 Å². The number of likely N-dealkylation sites (tertiary alicyclic amines) is 3. The summed E-state index contributed by atoms with van der Waals surface area (Å²) in [6.07, 6.45) is 8.96. The number of piperidine rings is 3. The van der Waals surface area contributed by atoms with Crippen molar-refractivity contribution < 1.29 is 4.74 Å². The summed E-state index contributed by atoms with van der Waals surface area (Å²) in [6.45, 7) is 10.1. The van der Waals surface area contributed by atoms with Crippen LogP contribution in [0.2, 0.25) is 0 Å². The molecule has 3 rings (SSSR count). The maximum Gasteiger partial charge on any atom is 0.191 e. The van der Waals surface area contributed by atoms with Crippen molar-refractivity contribution >= 4 is 29.9 Å². The fourth-order valence-electron chi connectivity index (χ4n) is 5.17. The van der Waals surface area contributed by atoms with Crippen LogP contribution in [0.3, 0.4) is 0 Å². The molecule has 0 atom stereocenters. The summed E-state index contributed by atoms with van der Waals surface area (Å²) in [7, 11) is 5.95. The first-order chi connectivity index (χ1) is 14.1. The van der Waals surface area contributed by atoms with Gasteiger partial charge in [0.05, 0.1) is 6.61 Å². The summed E-state index contributed by atoms with van der Waals surface area (Å²) in [5.41, 5.74) is 0.286. The van der Waals surface area contributed by atoms with Crippen LogP contribution >= 0.6 is 24.0 Å². The molecule has 0 aliphatic carbocycles. The molecule has 176 valence electrons. The maximum absolute atomic E-state index is 5.22. The second-order valence-corrected chi connectivity index (χ2v) is 9.25. The van der Waals surface area contributed by atoms with Crippen molar-refractivity contribution in [1.82, 2.24) is 25.3 Å². The standard InChI is InChI=1S/C22H44N6O.HI/c1-23-21(25-20-7-13-27(14-8-20)17-18-29-3)24-19-22(9-15-26(2)16-10-22)28-11-5-4-6-12-28;/h20H,4-19H2,1-3H3,(H2,23,24,25);1H. The molecule has 3 aliphatic rings.